The molecule has 0 bridgehead atoms. The van der Waals surface area contributed by atoms with Crippen molar-refractivity contribution in [1.29, 1.82) is 0 Å². The van der Waals surface area contributed by atoms with Gasteiger partial charge in [0, 0.05) is 44.5 Å². The van der Waals surface area contributed by atoms with E-state index in [1.54, 1.807) is 14.2 Å². The molecule has 0 aliphatic carbocycles. The summed E-state index contributed by atoms with van der Waals surface area (Å²) in [5.41, 5.74) is 4.20. The van der Waals surface area contributed by atoms with E-state index in [0.29, 0.717) is 0 Å². The summed E-state index contributed by atoms with van der Waals surface area (Å²) in [6.45, 7) is 5.03. The van der Waals surface area contributed by atoms with Crippen molar-refractivity contribution in [2.45, 2.75) is 6.54 Å². The number of nitrogens with one attached hydrogen (secondary N) is 1. The van der Waals surface area contributed by atoms with Crippen molar-refractivity contribution in [3.05, 3.63) is 48.3 Å². The monoisotopic (exact) mass is 352 g/mol. The first kappa shape index (κ1) is 16.9. The van der Waals surface area contributed by atoms with Crippen LogP contribution in [0.2, 0.25) is 0 Å². The lowest BCUT2D eigenvalue weighted by Crippen LogP contribution is -2.43. The van der Waals surface area contributed by atoms with E-state index in [2.05, 4.69) is 20.8 Å². The third-order valence-electron chi connectivity index (χ3n) is 4.87. The first-order chi connectivity index (χ1) is 12.8. The number of rotatable bonds is 5. The van der Waals surface area contributed by atoms with E-state index in [1.807, 2.05) is 36.4 Å². The molecule has 136 valence electrons. The summed E-state index contributed by atoms with van der Waals surface area (Å²) in [7, 11) is 3.31. The molecule has 3 heterocycles. The van der Waals surface area contributed by atoms with Crippen LogP contribution in [0.4, 0.5) is 0 Å². The molecule has 6 nitrogen and oxygen atoms in total. The lowest BCUT2D eigenvalue weighted by molar-refractivity contribution is 0.230. The molecule has 1 saturated heterocycles. The van der Waals surface area contributed by atoms with Crippen molar-refractivity contribution in [2.24, 2.45) is 0 Å². The van der Waals surface area contributed by atoms with Gasteiger partial charge in [-0.25, -0.2) is 4.98 Å². The zero-order chi connectivity index (χ0) is 17.9. The first-order valence-corrected chi connectivity index (χ1v) is 8.91. The lowest BCUT2D eigenvalue weighted by Gasteiger charge is -2.27. The van der Waals surface area contributed by atoms with Gasteiger partial charge in [-0.05, 0) is 30.3 Å². The predicted molar refractivity (Wildman–Crippen MR) is 102 cm³/mol. The third kappa shape index (κ3) is 3.13. The van der Waals surface area contributed by atoms with Gasteiger partial charge in [0.15, 0.2) is 11.5 Å². The molecule has 1 aliphatic rings. The number of benzene rings is 1. The minimum atomic E-state index is 0.718. The summed E-state index contributed by atoms with van der Waals surface area (Å²) in [6, 6.07) is 12.1. The molecule has 0 spiro atoms. The Morgan fingerprint density at radius 2 is 1.85 bits per heavy atom. The molecule has 0 atom stereocenters. The fourth-order valence-electron chi connectivity index (χ4n) is 3.49. The Hall–Kier alpha value is -2.57. The molecular weight excluding hydrogens is 328 g/mol. The number of ether oxygens (including phenoxy) is 2. The van der Waals surface area contributed by atoms with E-state index in [9.17, 15) is 0 Å². The van der Waals surface area contributed by atoms with E-state index in [0.717, 1.165) is 61.1 Å². The molecule has 0 radical (unpaired) electrons. The van der Waals surface area contributed by atoms with Crippen LogP contribution in [0.5, 0.6) is 11.5 Å². The minimum Gasteiger partial charge on any atom is -0.493 e. The smallest absolute Gasteiger partial charge is 0.161 e. The molecule has 26 heavy (non-hydrogen) atoms. The van der Waals surface area contributed by atoms with Gasteiger partial charge in [-0.3, -0.25) is 4.90 Å². The molecule has 2 aromatic heterocycles. The maximum atomic E-state index is 5.48. The van der Waals surface area contributed by atoms with Gasteiger partial charge < -0.3 is 19.2 Å². The zero-order valence-corrected chi connectivity index (χ0v) is 15.2. The Morgan fingerprint density at radius 3 is 2.62 bits per heavy atom. The van der Waals surface area contributed by atoms with Crippen LogP contribution in [0.25, 0.3) is 16.9 Å². The van der Waals surface area contributed by atoms with Crippen molar-refractivity contribution < 1.29 is 9.47 Å². The molecular formula is C20H24N4O2. The molecule has 1 aliphatic heterocycles. The highest BCUT2D eigenvalue weighted by Gasteiger charge is 2.19. The van der Waals surface area contributed by atoms with Gasteiger partial charge in [0.2, 0.25) is 0 Å². The van der Waals surface area contributed by atoms with Crippen LogP contribution in [0.1, 0.15) is 5.69 Å². The second-order valence-electron chi connectivity index (χ2n) is 6.43. The van der Waals surface area contributed by atoms with E-state index in [4.69, 9.17) is 14.5 Å². The lowest BCUT2D eigenvalue weighted by atomic mass is 10.1. The Bertz CT molecular complexity index is 900. The summed E-state index contributed by atoms with van der Waals surface area (Å²) in [5, 5.41) is 3.41. The number of hydrogen-bond donors (Lipinski definition) is 1. The van der Waals surface area contributed by atoms with Gasteiger partial charge in [0.25, 0.3) is 0 Å². The maximum Gasteiger partial charge on any atom is 0.161 e. The molecule has 1 fully saturated rings. The normalized spacial score (nSPS) is 15.3. The fourth-order valence-corrected chi connectivity index (χ4v) is 3.49. The summed E-state index contributed by atoms with van der Waals surface area (Å²) in [4.78, 5) is 7.37. The van der Waals surface area contributed by atoms with Crippen molar-refractivity contribution in [3.8, 4) is 22.8 Å². The Morgan fingerprint density at radius 1 is 1.04 bits per heavy atom. The topological polar surface area (TPSA) is 51.0 Å². The van der Waals surface area contributed by atoms with Crippen LogP contribution < -0.4 is 14.8 Å². The van der Waals surface area contributed by atoms with Crippen LogP contribution in [-0.4, -0.2) is 54.7 Å². The van der Waals surface area contributed by atoms with Crippen molar-refractivity contribution in [2.75, 3.05) is 40.4 Å². The van der Waals surface area contributed by atoms with Gasteiger partial charge in [0.1, 0.15) is 5.65 Å². The van der Waals surface area contributed by atoms with Gasteiger partial charge in [-0.1, -0.05) is 6.07 Å². The Kier molecular flexibility index (Phi) is 4.77. The molecule has 0 unspecified atom stereocenters. The van der Waals surface area contributed by atoms with Crippen molar-refractivity contribution >= 4 is 5.65 Å². The van der Waals surface area contributed by atoms with E-state index in [-0.39, 0.29) is 0 Å². The van der Waals surface area contributed by atoms with Crippen LogP contribution in [0.15, 0.2) is 42.6 Å². The van der Waals surface area contributed by atoms with Crippen LogP contribution in [0.3, 0.4) is 0 Å². The maximum absolute atomic E-state index is 5.48. The van der Waals surface area contributed by atoms with Crippen LogP contribution in [-0.2, 0) is 6.54 Å². The summed E-state index contributed by atoms with van der Waals surface area (Å²) >= 11 is 0. The summed E-state index contributed by atoms with van der Waals surface area (Å²) < 4.78 is 13.0. The standard InChI is InChI=1S/C20H24N4O2/c1-25-17-7-6-15(13-18(17)26-2)20-16(14-23-11-8-21-9-12-23)24-10-4-3-5-19(24)22-20/h3-7,10,13,21H,8-9,11-12,14H2,1-2H3. The number of fused-ring (bicyclic) bond motifs is 1. The molecule has 1 N–H and O–H groups in total. The highest BCUT2D eigenvalue weighted by molar-refractivity contribution is 5.69. The molecule has 1 aromatic carbocycles. The average molecular weight is 352 g/mol. The predicted octanol–water partition coefficient (Wildman–Crippen LogP) is 2.42. The van der Waals surface area contributed by atoms with Gasteiger partial charge in [-0.2, -0.15) is 0 Å². The molecule has 0 amide bonds. The number of methoxy groups -OCH3 is 2. The molecule has 4 rings (SSSR count). The highest BCUT2D eigenvalue weighted by Crippen LogP contribution is 2.34. The highest BCUT2D eigenvalue weighted by atomic mass is 16.5. The number of nitrogens with zero attached hydrogens (tertiary/aromatic N) is 3. The van der Waals surface area contributed by atoms with Gasteiger partial charge >= 0.3 is 0 Å². The van der Waals surface area contributed by atoms with Crippen molar-refractivity contribution in [1.82, 2.24) is 19.6 Å². The number of pyridine rings is 1. The molecule has 3 aromatic rings. The quantitative estimate of drug-likeness (QED) is 0.764. The van der Waals surface area contributed by atoms with Gasteiger partial charge in [-0.15, -0.1) is 0 Å². The number of aromatic nitrogens is 2. The van der Waals surface area contributed by atoms with E-state index < -0.39 is 0 Å². The Labute approximate surface area is 153 Å². The second kappa shape index (κ2) is 7.35. The second-order valence-corrected chi connectivity index (χ2v) is 6.43. The number of imidazole rings is 1. The first-order valence-electron chi connectivity index (χ1n) is 8.91. The number of piperazine rings is 1. The largest absolute Gasteiger partial charge is 0.493 e. The summed E-state index contributed by atoms with van der Waals surface area (Å²) in [5.74, 6) is 1.44. The van der Waals surface area contributed by atoms with Crippen LogP contribution in [0, 0.1) is 0 Å². The van der Waals surface area contributed by atoms with Crippen molar-refractivity contribution in [3.63, 3.8) is 0 Å². The zero-order valence-electron chi connectivity index (χ0n) is 15.2. The van der Waals surface area contributed by atoms with Crippen LogP contribution >= 0.6 is 0 Å². The third-order valence-corrected chi connectivity index (χ3v) is 4.87. The van der Waals surface area contributed by atoms with Gasteiger partial charge in [0.05, 0.1) is 25.6 Å². The number of hydrogen-bond acceptors (Lipinski definition) is 5. The molecule has 0 saturated carbocycles. The SMILES string of the molecule is COc1ccc(-c2nc3ccccn3c2CN2CCNCC2)cc1OC. The van der Waals surface area contributed by atoms with E-state index in [1.165, 1.54) is 5.69 Å². The minimum absolute atomic E-state index is 0.718. The van der Waals surface area contributed by atoms with E-state index >= 15 is 0 Å². The molecule has 6 heteroatoms. The average Bonchev–Trinajstić information content (AvgIpc) is 3.07. The Balaban J connectivity index is 1.80. The summed E-state index contributed by atoms with van der Waals surface area (Å²) in [6.07, 6.45) is 2.09. The fraction of sp³-hybridized carbons (Fsp3) is 0.350.